The van der Waals surface area contributed by atoms with Gasteiger partial charge in [0.15, 0.2) is 0 Å². The third-order valence-electron chi connectivity index (χ3n) is 4.62. The Hall–Kier alpha value is -2.38. The third-order valence-corrected chi connectivity index (χ3v) is 5.45. The van der Waals surface area contributed by atoms with Crippen LogP contribution in [0.4, 0.5) is 5.00 Å². The summed E-state index contributed by atoms with van der Waals surface area (Å²) in [5.74, 6) is 0.292. The first-order chi connectivity index (χ1) is 13.1. The number of esters is 1. The standard InChI is InChI=1S/C20H24N2O4S/c1-3-26-20(24)16-10-12-27-19(16)21-18(23)13-22-11-4-5-17(22)14-6-8-15(25-2)9-7-14/h6-10,12,17H,3-5,11,13H2,1-2H3,(H,21,23). The quantitative estimate of drug-likeness (QED) is 0.733. The molecule has 27 heavy (non-hydrogen) atoms. The monoisotopic (exact) mass is 388 g/mol. The molecule has 1 N–H and O–H groups in total. The highest BCUT2D eigenvalue weighted by molar-refractivity contribution is 7.14. The number of nitrogens with zero attached hydrogens (tertiary/aromatic N) is 1. The highest BCUT2D eigenvalue weighted by Gasteiger charge is 2.28. The second kappa shape index (κ2) is 9.01. The maximum Gasteiger partial charge on any atom is 0.341 e. The Balaban J connectivity index is 1.63. The molecule has 0 saturated carbocycles. The minimum absolute atomic E-state index is 0.122. The van der Waals surface area contributed by atoms with Crippen molar-refractivity contribution >= 4 is 28.2 Å². The first-order valence-corrected chi connectivity index (χ1v) is 9.92. The predicted molar refractivity (Wildman–Crippen MR) is 105 cm³/mol. The van der Waals surface area contributed by atoms with Gasteiger partial charge in [-0.1, -0.05) is 12.1 Å². The van der Waals surface area contributed by atoms with Gasteiger partial charge in [-0.3, -0.25) is 9.69 Å². The average molecular weight is 388 g/mol. The van der Waals surface area contributed by atoms with E-state index in [1.54, 1.807) is 25.5 Å². The van der Waals surface area contributed by atoms with Gasteiger partial charge in [0.25, 0.3) is 0 Å². The van der Waals surface area contributed by atoms with Crippen molar-refractivity contribution in [1.82, 2.24) is 4.90 Å². The number of rotatable bonds is 7. The molecule has 1 aromatic carbocycles. The molecule has 144 valence electrons. The Morgan fingerprint density at radius 1 is 1.26 bits per heavy atom. The number of hydrogen-bond acceptors (Lipinski definition) is 6. The zero-order chi connectivity index (χ0) is 19.2. The summed E-state index contributed by atoms with van der Waals surface area (Å²) < 4.78 is 10.2. The number of carbonyl (C=O) groups excluding carboxylic acids is 2. The van der Waals surface area contributed by atoms with Crippen molar-refractivity contribution < 1.29 is 19.1 Å². The van der Waals surface area contributed by atoms with Crippen LogP contribution in [0, 0.1) is 0 Å². The summed E-state index contributed by atoms with van der Waals surface area (Å²) in [5, 5.41) is 5.18. The number of carbonyl (C=O) groups is 2. The van der Waals surface area contributed by atoms with Crippen LogP contribution in [0.2, 0.25) is 0 Å². The molecule has 3 rings (SSSR count). The Bertz CT molecular complexity index is 788. The zero-order valence-corrected chi connectivity index (χ0v) is 16.4. The van der Waals surface area contributed by atoms with E-state index in [1.807, 2.05) is 12.1 Å². The Labute approximate surface area is 163 Å². The topological polar surface area (TPSA) is 67.9 Å². The highest BCUT2D eigenvalue weighted by Crippen LogP contribution is 2.32. The maximum atomic E-state index is 12.6. The third kappa shape index (κ3) is 4.67. The molecule has 1 saturated heterocycles. The van der Waals surface area contributed by atoms with E-state index < -0.39 is 5.97 Å². The number of likely N-dealkylation sites (tertiary alicyclic amines) is 1. The number of hydrogen-bond donors (Lipinski definition) is 1. The van der Waals surface area contributed by atoms with Crippen LogP contribution < -0.4 is 10.1 Å². The predicted octanol–water partition coefficient (Wildman–Crippen LogP) is 3.71. The van der Waals surface area contributed by atoms with E-state index in [0.717, 1.165) is 25.1 Å². The Morgan fingerprint density at radius 2 is 2.04 bits per heavy atom. The summed E-state index contributed by atoms with van der Waals surface area (Å²) >= 11 is 1.33. The van der Waals surface area contributed by atoms with Gasteiger partial charge in [-0.15, -0.1) is 11.3 Å². The summed E-state index contributed by atoms with van der Waals surface area (Å²) in [6.07, 6.45) is 2.07. The lowest BCUT2D eigenvalue weighted by atomic mass is 10.0. The molecule has 1 fully saturated rings. The Kier molecular flexibility index (Phi) is 6.47. The van der Waals surface area contributed by atoms with Crippen molar-refractivity contribution in [2.45, 2.75) is 25.8 Å². The van der Waals surface area contributed by atoms with Crippen molar-refractivity contribution in [2.75, 3.05) is 32.1 Å². The average Bonchev–Trinajstić information content (AvgIpc) is 3.31. The molecule has 6 nitrogen and oxygen atoms in total. The normalized spacial score (nSPS) is 16.9. The SMILES string of the molecule is CCOC(=O)c1ccsc1NC(=O)CN1CCCC1c1ccc(OC)cc1. The molecule has 1 aromatic heterocycles. The van der Waals surface area contributed by atoms with Crippen LogP contribution in [0.25, 0.3) is 0 Å². The van der Waals surface area contributed by atoms with Crippen LogP contribution in [-0.2, 0) is 9.53 Å². The molecule has 2 aromatic rings. The fourth-order valence-electron chi connectivity index (χ4n) is 3.35. The molecule has 7 heteroatoms. The summed E-state index contributed by atoms with van der Waals surface area (Å²) in [4.78, 5) is 26.7. The molecule has 1 aliphatic rings. The summed E-state index contributed by atoms with van der Waals surface area (Å²) in [6.45, 7) is 3.23. The van der Waals surface area contributed by atoms with Crippen LogP contribution in [0.15, 0.2) is 35.7 Å². The van der Waals surface area contributed by atoms with Crippen molar-refractivity contribution in [1.29, 1.82) is 0 Å². The van der Waals surface area contributed by atoms with Gasteiger partial charge in [0.2, 0.25) is 5.91 Å². The van der Waals surface area contributed by atoms with Gasteiger partial charge in [-0.05, 0) is 55.5 Å². The summed E-state index contributed by atoms with van der Waals surface area (Å²) in [5.41, 5.74) is 1.59. The van der Waals surface area contributed by atoms with Crippen molar-refractivity contribution in [2.24, 2.45) is 0 Å². The van der Waals surface area contributed by atoms with Gasteiger partial charge in [0.1, 0.15) is 10.8 Å². The zero-order valence-electron chi connectivity index (χ0n) is 15.6. The van der Waals surface area contributed by atoms with E-state index in [-0.39, 0.29) is 18.5 Å². The van der Waals surface area contributed by atoms with E-state index in [1.165, 1.54) is 16.9 Å². The maximum absolute atomic E-state index is 12.6. The Morgan fingerprint density at radius 3 is 2.74 bits per heavy atom. The molecule has 0 aliphatic carbocycles. The van der Waals surface area contributed by atoms with E-state index >= 15 is 0 Å². The summed E-state index contributed by atoms with van der Waals surface area (Å²) in [6, 6.07) is 9.89. The molecular formula is C20H24N2O4S. The molecular weight excluding hydrogens is 364 g/mol. The number of methoxy groups -OCH3 is 1. The van der Waals surface area contributed by atoms with E-state index in [2.05, 4.69) is 22.3 Å². The fraction of sp³-hybridized carbons (Fsp3) is 0.400. The van der Waals surface area contributed by atoms with E-state index in [4.69, 9.17) is 9.47 Å². The largest absolute Gasteiger partial charge is 0.497 e. The minimum atomic E-state index is -0.411. The van der Waals surface area contributed by atoms with Crippen LogP contribution in [0.5, 0.6) is 5.75 Å². The smallest absolute Gasteiger partial charge is 0.341 e. The summed E-state index contributed by atoms with van der Waals surface area (Å²) in [7, 11) is 1.65. The fourth-order valence-corrected chi connectivity index (χ4v) is 4.14. The van der Waals surface area contributed by atoms with Gasteiger partial charge in [-0.2, -0.15) is 0 Å². The molecule has 1 atom stereocenters. The molecule has 1 unspecified atom stereocenters. The van der Waals surface area contributed by atoms with Gasteiger partial charge in [0, 0.05) is 6.04 Å². The molecule has 1 aliphatic heterocycles. The number of benzene rings is 1. The van der Waals surface area contributed by atoms with Crippen molar-refractivity contribution in [3.63, 3.8) is 0 Å². The second-order valence-electron chi connectivity index (χ2n) is 6.33. The molecule has 0 spiro atoms. The van der Waals surface area contributed by atoms with Crippen LogP contribution in [0.3, 0.4) is 0 Å². The van der Waals surface area contributed by atoms with Crippen molar-refractivity contribution in [3.8, 4) is 5.75 Å². The van der Waals surface area contributed by atoms with E-state index in [9.17, 15) is 9.59 Å². The first-order valence-electron chi connectivity index (χ1n) is 9.04. The number of anilines is 1. The lowest BCUT2D eigenvalue weighted by molar-refractivity contribution is -0.117. The molecule has 2 heterocycles. The van der Waals surface area contributed by atoms with Gasteiger partial charge in [0.05, 0.1) is 25.8 Å². The van der Waals surface area contributed by atoms with E-state index in [0.29, 0.717) is 17.2 Å². The van der Waals surface area contributed by atoms with Gasteiger partial charge < -0.3 is 14.8 Å². The van der Waals surface area contributed by atoms with Crippen LogP contribution in [0.1, 0.15) is 41.7 Å². The van der Waals surface area contributed by atoms with Gasteiger partial charge in [-0.25, -0.2) is 4.79 Å². The molecule has 0 radical (unpaired) electrons. The number of amides is 1. The number of thiophene rings is 1. The minimum Gasteiger partial charge on any atom is -0.497 e. The first kappa shape index (κ1) is 19.4. The highest BCUT2D eigenvalue weighted by atomic mass is 32.1. The second-order valence-corrected chi connectivity index (χ2v) is 7.25. The molecule has 0 bridgehead atoms. The number of nitrogens with one attached hydrogen (secondary N) is 1. The van der Waals surface area contributed by atoms with Crippen LogP contribution in [-0.4, -0.2) is 43.6 Å². The van der Waals surface area contributed by atoms with Crippen molar-refractivity contribution in [3.05, 3.63) is 46.8 Å². The van der Waals surface area contributed by atoms with Gasteiger partial charge >= 0.3 is 5.97 Å². The number of ether oxygens (including phenoxy) is 2. The van der Waals surface area contributed by atoms with Crippen LogP contribution >= 0.6 is 11.3 Å². The lowest BCUT2D eigenvalue weighted by Crippen LogP contribution is -2.33. The lowest BCUT2D eigenvalue weighted by Gasteiger charge is -2.24. The molecule has 1 amide bonds.